The largest absolute Gasteiger partial charge is 0.508 e. The molecule has 1 rings (SSSR count). The fourth-order valence-corrected chi connectivity index (χ4v) is 1.40. The van der Waals surface area contributed by atoms with Crippen molar-refractivity contribution in [2.75, 3.05) is 6.67 Å². The molecule has 5 heteroatoms. The molecule has 0 fully saturated rings. The van der Waals surface area contributed by atoms with Crippen LogP contribution in [-0.4, -0.2) is 28.4 Å². The molecule has 1 aromatic rings. The Morgan fingerprint density at radius 2 is 2.19 bits per heavy atom. The molecule has 1 aromatic carbocycles. The number of carbonyl (C=O) groups is 1. The Balaban J connectivity index is 2.99. The number of carboxylic acids is 1. The minimum Gasteiger partial charge on any atom is -0.508 e. The lowest BCUT2D eigenvalue weighted by atomic mass is 9.91. The molecule has 0 saturated carbocycles. The number of aliphatic carboxylic acids is 1. The van der Waals surface area contributed by atoms with Crippen molar-refractivity contribution < 1.29 is 19.4 Å². The van der Waals surface area contributed by atoms with Crippen LogP contribution in [0.25, 0.3) is 0 Å². The molecule has 88 valence electrons. The highest BCUT2D eigenvalue weighted by Crippen LogP contribution is 2.20. The molecule has 1 atom stereocenters. The summed E-state index contributed by atoms with van der Waals surface area (Å²) in [4.78, 5) is 10.8. The Morgan fingerprint density at radius 3 is 2.62 bits per heavy atom. The minimum atomic E-state index is -1.90. The fraction of sp³-hybridized carbons (Fsp3) is 0.364. The number of phenolic OH excluding ortho intramolecular Hbond substituents is 1. The number of alkyl halides is 1. The van der Waals surface area contributed by atoms with E-state index in [1.165, 1.54) is 12.1 Å². The van der Waals surface area contributed by atoms with E-state index in [0.29, 0.717) is 11.1 Å². The number of hydrogen-bond acceptors (Lipinski definition) is 3. The summed E-state index contributed by atoms with van der Waals surface area (Å²) in [6.45, 7) is 0.568. The fourth-order valence-electron chi connectivity index (χ4n) is 1.40. The number of benzene rings is 1. The van der Waals surface area contributed by atoms with Crippen LogP contribution in [0, 0.1) is 6.92 Å². The van der Waals surface area contributed by atoms with Gasteiger partial charge in [0.25, 0.3) is 0 Å². The molecule has 0 radical (unpaired) electrons. The summed E-state index contributed by atoms with van der Waals surface area (Å²) in [5.41, 5.74) is 4.84. The van der Waals surface area contributed by atoms with Gasteiger partial charge in [0, 0.05) is 6.42 Å². The van der Waals surface area contributed by atoms with Gasteiger partial charge < -0.3 is 15.9 Å². The number of carboxylic acid groups (broad SMARTS) is 1. The summed E-state index contributed by atoms with van der Waals surface area (Å²) in [6, 6.07) is 4.45. The molecule has 4 N–H and O–H groups in total. The molecule has 0 heterocycles. The van der Waals surface area contributed by atoms with Gasteiger partial charge in [-0.05, 0) is 30.2 Å². The topological polar surface area (TPSA) is 83.5 Å². The van der Waals surface area contributed by atoms with E-state index in [4.69, 9.17) is 10.8 Å². The Bertz CT molecular complexity index is 408. The second-order valence-corrected chi connectivity index (χ2v) is 3.88. The minimum absolute atomic E-state index is 0.0828. The summed E-state index contributed by atoms with van der Waals surface area (Å²) in [7, 11) is 0. The Morgan fingerprint density at radius 1 is 1.56 bits per heavy atom. The molecule has 1 unspecified atom stereocenters. The smallest absolute Gasteiger partial charge is 0.326 e. The lowest BCUT2D eigenvalue weighted by Crippen LogP contribution is -2.52. The summed E-state index contributed by atoms with van der Waals surface area (Å²) < 4.78 is 12.6. The van der Waals surface area contributed by atoms with E-state index in [2.05, 4.69) is 0 Å². The van der Waals surface area contributed by atoms with Gasteiger partial charge in [0.2, 0.25) is 0 Å². The number of rotatable bonds is 4. The van der Waals surface area contributed by atoms with Crippen molar-refractivity contribution in [2.24, 2.45) is 5.73 Å². The Labute approximate surface area is 92.5 Å². The third kappa shape index (κ3) is 2.49. The van der Waals surface area contributed by atoms with E-state index in [0.717, 1.165) is 0 Å². The zero-order chi connectivity index (χ0) is 12.3. The summed E-state index contributed by atoms with van der Waals surface area (Å²) >= 11 is 0. The summed E-state index contributed by atoms with van der Waals surface area (Å²) in [5, 5.41) is 18.0. The van der Waals surface area contributed by atoms with Crippen LogP contribution < -0.4 is 5.73 Å². The maximum atomic E-state index is 12.6. The van der Waals surface area contributed by atoms with Crippen molar-refractivity contribution in [2.45, 2.75) is 18.9 Å². The molecule has 0 aromatic heterocycles. The summed E-state index contributed by atoms with van der Waals surface area (Å²) in [6.07, 6.45) is -0.106. The SMILES string of the molecule is Cc1cc(O)ccc1CC(N)(CF)C(=O)O. The lowest BCUT2D eigenvalue weighted by Gasteiger charge is -2.21. The second kappa shape index (κ2) is 4.49. The first-order valence-electron chi connectivity index (χ1n) is 4.76. The lowest BCUT2D eigenvalue weighted by molar-refractivity contribution is -0.143. The molecular weight excluding hydrogens is 213 g/mol. The number of nitrogens with two attached hydrogens (primary N) is 1. The summed E-state index contributed by atoms with van der Waals surface area (Å²) in [5.74, 6) is -1.29. The van der Waals surface area contributed by atoms with Crippen LogP contribution in [0.5, 0.6) is 5.75 Å². The van der Waals surface area contributed by atoms with Gasteiger partial charge in [-0.25, -0.2) is 4.39 Å². The maximum absolute atomic E-state index is 12.6. The van der Waals surface area contributed by atoms with Crippen LogP contribution in [0.1, 0.15) is 11.1 Å². The van der Waals surface area contributed by atoms with Gasteiger partial charge in [0.1, 0.15) is 18.0 Å². The van der Waals surface area contributed by atoms with Crippen molar-refractivity contribution in [1.29, 1.82) is 0 Å². The van der Waals surface area contributed by atoms with Crippen LogP contribution in [0.15, 0.2) is 18.2 Å². The first-order chi connectivity index (χ1) is 7.39. The third-order valence-electron chi connectivity index (χ3n) is 2.50. The highest BCUT2D eigenvalue weighted by molar-refractivity contribution is 5.79. The highest BCUT2D eigenvalue weighted by Gasteiger charge is 2.34. The third-order valence-corrected chi connectivity index (χ3v) is 2.50. The normalized spacial score (nSPS) is 14.4. The van der Waals surface area contributed by atoms with Gasteiger partial charge in [0.05, 0.1) is 0 Å². The number of halogens is 1. The predicted octanol–water partition coefficient (Wildman–Crippen LogP) is 0.995. The molecule has 0 aliphatic carbocycles. The monoisotopic (exact) mass is 227 g/mol. The van der Waals surface area contributed by atoms with Crippen LogP contribution >= 0.6 is 0 Å². The first-order valence-corrected chi connectivity index (χ1v) is 4.76. The molecule has 0 aliphatic heterocycles. The average Bonchev–Trinajstić information content (AvgIpc) is 2.22. The molecule has 0 aliphatic rings. The first kappa shape index (κ1) is 12.4. The van der Waals surface area contributed by atoms with Crippen molar-refractivity contribution in [3.63, 3.8) is 0 Å². The number of aryl methyl sites for hydroxylation is 1. The van der Waals surface area contributed by atoms with E-state index >= 15 is 0 Å². The molecule has 0 saturated heterocycles. The zero-order valence-electron chi connectivity index (χ0n) is 8.90. The molecule has 4 nitrogen and oxygen atoms in total. The van der Waals surface area contributed by atoms with E-state index in [1.807, 2.05) is 0 Å². The quantitative estimate of drug-likeness (QED) is 0.716. The maximum Gasteiger partial charge on any atom is 0.326 e. The van der Waals surface area contributed by atoms with Gasteiger partial charge >= 0.3 is 5.97 Å². The number of aromatic hydroxyl groups is 1. The van der Waals surface area contributed by atoms with Crippen LogP contribution in [0.4, 0.5) is 4.39 Å². The van der Waals surface area contributed by atoms with Crippen molar-refractivity contribution >= 4 is 5.97 Å². The van der Waals surface area contributed by atoms with Gasteiger partial charge in [-0.2, -0.15) is 0 Å². The zero-order valence-corrected chi connectivity index (χ0v) is 8.90. The number of hydrogen-bond donors (Lipinski definition) is 3. The van der Waals surface area contributed by atoms with Gasteiger partial charge in [0.15, 0.2) is 0 Å². The predicted molar refractivity (Wildman–Crippen MR) is 57.1 cm³/mol. The molecule has 0 bridgehead atoms. The van der Waals surface area contributed by atoms with Crippen LogP contribution in [-0.2, 0) is 11.2 Å². The van der Waals surface area contributed by atoms with Crippen molar-refractivity contribution in [3.05, 3.63) is 29.3 Å². The Kier molecular flexibility index (Phi) is 3.49. The van der Waals surface area contributed by atoms with Gasteiger partial charge in [-0.3, -0.25) is 4.79 Å². The van der Waals surface area contributed by atoms with E-state index < -0.39 is 18.2 Å². The van der Waals surface area contributed by atoms with E-state index in [-0.39, 0.29) is 12.2 Å². The van der Waals surface area contributed by atoms with Gasteiger partial charge in [-0.15, -0.1) is 0 Å². The average molecular weight is 227 g/mol. The number of phenols is 1. The van der Waals surface area contributed by atoms with Crippen molar-refractivity contribution in [3.8, 4) is 5.75 Å². The molecule has 16 heavy (non-hydrogen) atoms. The standard InChI is InChI=1S/C11H14FNO3/c1-7-4-9(14)3-2-8(7)5-11(13,6-12)10(15)16/h2-4,14H,5-6,13H2,1H3,(H,15,16). The molecule has 0 amide bonds. The molecule has 0 spiro atoms. The van der Waals surface area contributed by atoms with Crippen LogP contribution in [0.3, 0.4) is 0 Å². The van der Waals surface area contributed by atoms with Crippen molar-refractivity contribution in [1.82, 2.24) is 0 Å². The molecular formula is C11H14FNO3. The highest BCUT2D eigenvalue weighted by atomic mass is 19.1. The van der Waals surface area contributed by atoms with Gasteiger partial charge in [-0.1, -0.05) is 6.07 Å². The van der Waals surface area contributed by atoms with E-state index in [9.17, 15) is 14.3 Å². The second-order valence-electron chi connectivity index (χ2n) is 3.88. The van der Waals surface area contributed by atoms with Crippen LogP contribution in [0.2, 0.25) is 0 Å². The van der Waals surface area contributed by atoms with E-state index in [1.54, 1.807) is 13.0 Å². The Hall–Kier alpha value is -1.62.